The van der Waals surface area contributed by atoms with Gasteiger partial charge < -0.3 is 5.73 Å². The lowest BCUT2D eigenvalue weighted by atomic mass is 10.0. The molecule has 18 heavy (non-hydrogen) atoms. The predicted octanol–water partition coefficient (Wildman–Crippen LogP) is 1.86. The summed E-state index contributed by atoms with van der Waals surface area (Å²) in [7, 11) is 0. The predicted molar refractivity (Wildman–Crippen MR) is 71.2 cm³/mol. The molecule has 1 unspecified atom stereocenters. The van der Waals surface area contributed by atoms with Crippen LogP contribution in [0, 0.1) is 0 Å². The zero-order valence-corrected chi connectivity index (χ0v) is 10.7. The van der Waals surface area contributed by atoms with Crippen molar-refractivity contribution in [2.75, 3.05) is 18.8 Å². The second kappa shape index (κ2) is 4.57. The number of aromatic nitrogens is 3. The van der Waals surface area contributed by atoms with Crippen molar-refractivity contribution in [1.29, 1.82) is 0 Å². The second-order valence-corrected chi connectivity index (χ2v) is 4.89. The Morgan fingerprint density at radius 2 is 2.22 bits per heavy atom. The van der Waals surface area contributed by atoms with Crippen LogP contribution in [0.25, 0.3) is 5.65 Å². The molecule has 1 saturated heterocycles. The highest BCUT2D eigenvalue weighted by Crippen LogP contribution is 2.29. The first-order valence-electron chi connectivity index (χ1n) is 6.64. The van der Waals surface area contributed by atoms with E-state index in [4.69, 9.17) is 5.73 Å². The molecular formula is C13H19N5. The van der Waals surface area contributed by atoms with Gasteiger partial charge in [-0.15, -0.1) is 10.2 Å². The number of likely N-dealkylation sites (tertiary alicyclic amines) is 1. The Labute approximate surface area is 107 Å². The fourth-order valence-electron chi connectivity index (χ4n) is 2.81. The lowest BCUT2D eigenvalue weighted by Crippen LogP contribution is -2.34. The molecule has 0 amide bonds. The smallest absolute Gasteiger partial charge is 0.160 e. The Balaban J connectivity index is 2.04. The molecule has 1 aliphatic heterocycles. The fraction of sp³-hybridized carbons (Fsp3) is 0.538. The second-order valence-electron chi connectivity index (χ2n) is 4.89. The molecule has 2 N–H and O–H groups in total. The summed E-state index contributed by atoms with van der Waals surface area (Å²) in [5.41, 5.74) is 7.49. The van der Waals surface area contributed by atoms with Gasteiger partial charge in [-0.05, 0) is 38.1 Å². The Morgan fingerprint density at radius 3 is 3.06 bits per heavy atom. The number of nitrogens with zero attached hydrogens (tertiary/aromatic N) is 4. The Kier molecular flexibility index (Phi) is 2.91. The molecule has 0 aliphatic carbocycles. The van der Waals surface area contributed by atoms with E-state index in [-0.39, 0.29) is 0 Å². The Hall–Kier alpha value is -1.62. The van der Waals surface area contributed by atoms with E-state index < -0.39 is 0 Å². The Bertz CT molecular complexity index is 547. The van der Waals surface area contributed by atoms with Crippen LogP contribution in [0.15, 0.2) is 18.3 Å². The third-order valence-electron chi connectivity index (χ3n) is 3.77. The maximum absolute atomic E-state index is 5.86. The minimum absolute atomic E-state index is 0.376. The molecule has 0 radical (unpaired) electrons. The lowest BCUT2D eigenvalue weighted by Gasteiger charge is -2.33. The molecule has 0 spiro atoms. The number of hydrogen-bond acceptors (Lipinski definition) is 4. The van der Waals surface area contributed by atoms with Gasteiger partial charge in [-0.2, -0.15) is 0 Å². The van der Waals surface area contributed by atoms with Gasteiger partial charge in [0.25, 0.3) is 0 Å². The summed E-state index contributed by atoms with van der Waals surface area (Å²) in [5, 5.41) is 8.61. The van der Waals surface area contributed by atoms with Crippen LogP contribution < -0.4 is 5.73 Å². The van der Waals surface area contributed by atoms with Crippen molar-refractivity contribution in [2.24, 2.45) is 0 Å². The maximum Gasteiger partial charge on any atom is 0.160 e. The molecule has 5 nitrogen and oxygen atoms in total. The average Bonchev–Trinajstić information content (AvgIpc) is 2.81. The molecule has 5 heteroatoms. The molecule has 1 aliphatic rings. The molecule has 0 saturated carbocycles. The number of nitrogen functional groups attached to an aromatic ring is 1. The van der Waals surface area contributed by atoms with Crippen molar-refractivity contribution < 1.29 is 0 Å². The zero-order valence-electron chi connectivity index (χ0n) is 10.7. The first-order chi connectivity index (χ1) is 8.79. The minimum Gasteiger partial charge on any atom is -0.398 e. The Morgan fingerprint density at radius 1 is 1.33 bits per heavy atom. The van der Waals surface area contributed by atoms with Gasteiger partial charge in [0, 0.05) is 11.9 Å². The third-order valence-corrected chi connectivity index (χ3v) is 3.77. The number of pyridine rings is 1. The number of fused-ring (bicyclic) bond motifs is 1. The van der Waals surface area contributed by atoms with Gasteiger partial charge >= 0.3 is 0 Å². The summed E-state index contributed by atoms with van der Waals surface area (Å²) in [6, 6.07) is 4.16. The van der Waals surface area contributed by atoms with E-state index in [0.29, 0.717) is 6.04 Å². The molecule has 3 rings (SSSR count). The number of nitrogens with two attached hydrogens (primary N) is 1. The molecule has 0 aromatic carbocycles. The lowest BCUT2D eigenvalue weighted by molar-refractivity contribution is 0.149. The summed E-state index contributed by atoms with van der Waals surface area (Å²) in [4.78, 5) is 2.48. The first-order valence-corrected chi connectivity index (χ1v) is 6.64. The van der Waals surface area contributed by atoms with Gasteiger partial charge in [0.15, 0.2) is 11.5 Å². The highest BCUT2D eigenvalue weighted by Gasteiger charge is 2.26. The maximum atomic E-state index is 5.86. The molecule has 96 valence electrons. The van der Waals surface area contributed by atoms with Crippen molar-refractivity contribution in [3.8, 4) is 0 Å². The van der Waals surface area contributed by atoms with Gasteiger partial charge in [0.05, 0.1) is 6.04 Å². The average molecular weight is 245 g/mol. The standard InChI is InChI=1S/C13H19N5/c1-2-17-8-4-3-5-11(17)13-16-15-12-7-6-10(14)9-18(12)13/h6-7,9,11H,2-5,8,14H2,1H3. The van der Waals surface area contributed by atoms with Crippen LogP contribution in [0.2, 0.25) is 0 Å². The third kappa shape index (κ3) is 1.84. The molecule has 3 heterocycles. The van der Waals surface area contributed by atoms with Crippen LogP contribution in [-0.4, -0.2) is 32.6 Å². The van der Waals surface area contributed by atoms with E-state index in [1.165, 1.54) is 12.8 Å². The quantitative estimate of drug-likeness (QED) is 0.877. The van der Waals surface area contributed by atoms with Crippen LogP contribution in [0.4, 0.5) is 5.69 Å². The highest BCUT2D eigenvalue weighted by molar-refractivity contribution is 5.47. The summed E-state index contributed by atoms with van der Waals surface area (Å²) in [6.07, 6.45) is 5.62. The SMILES string of the molecule is CCN1CCCCC1c1nnc2ccc(N)cn12. The first kappa shape index (κ1) is 11.5. The van der Waals surface area contributed by atoms with Crippen molar-refractivity contribution in [3.05, 3.63) is 24.2 Å². The van der Waals surface area contributed by atoms with Crippen LogP contribution in [0.3, 0.4) is 0 Å². The van der Waals surface area contributed by atoms with Crippen LogP contribution >= 0.6 is 0 Å². The largest absolute Gasteiger partial charge is 0.398 e. The molecule has 1 atom stereocenters. The highest BCUT2D eigenvalue weighted by atomic mass is 15.3. The molecule has 1 fully saturated rings. The number of anilines is 1. The van der Waals surface area contributed by atoms with E-state index in [1.54, 1.807) is 0 Å². The number of piperidine rings is 1. The fourth-order valence-corrected chi connectivity index (χ4v) is 2.81. The summed E-state index contributed by atoms with van der Waals surface area (Å²) in [6.45, 7) is 4.41. The van der Waals surface area contributed by atoms with Crippen LogP contribution in [0.5, 0.6) is 0 Å². The van der Waals surface area contributed by atoms with Gasteiger partial charge in [-0.1, -0.05) is 13.3 Å². The van der Waals surface area contributed by atoms with Gasteiger partial charge in [-0.3, -0.25) is 9.30 Å². The van der Waals surface area contributed by atoms with E-state index in [0.717, 1.165) is 36.7 Å². The molecular weight excluding hydrogens is 226 g/mol. The van der Waals surface area contributed by atoms with E-state index >= 15 is 0 Å². The zero-order chi connectivity index (χ0) is 12.5. The van der Waals surface area contributed by atoms with Crippen LogP contribution in [-0.2, 0) is 0 Å². The summed E-state index contributed by atoms with van der Waals surface area (Å²) < 4.78 is 2.04. The van der Waals surface area contributed by atoms with Crippen molar-refractivity contribution >= 4 is 11.3 Å². The van der Waals surface area contributed by atoms with Crippen molar-refractivity contribution in [2.45, 2.75) is 32.2 Å². The molecule has 0 bridgehead atoms. The minimum atomic E-state index is 0.376. The molecule has 2 aromatic rings. The normalized spacial score (nSPS) is 21.5. The van der Waals surface area contributed by atoms with Crippen molar-refractivity contribution in [1.82, 2.24) is 19.5 Å². The molecule has 2 aromatic heterocycles. The van der Waals surface area contributed by atoms with Gasteiger partial charge in [0.2, 0.25) is 0 Å². The number of hydrogen-bond donors (Lipinski definition) is 1. The van der Waals surface area contributed by atoms with Crippen molar-refractivity contribution in [3.63, 3.8) is 0 Å². The van der Waals surface area contributed by atoms with E-state index in [9.17, 15) is 0 Å². The van der Waals surface area contributed by atoms with Crippen LogP contribution in [0.1, 0.15) is 38.1 Å². The summed E-state index contributed by atoms with van der Waals surface area (Å²) >= 11 is 0. The summed E-state index contributed by atoms with van der Waals surface area (Å²) in [5.74, 6) is 1.03. The van der Waals surface area contributed by atoms with Gasteiger partial charge in [-0.25, -0.2) is 0 Å². The van der Waals surface area contributed by atoms with E-state index in [2.05, 4.69) is 22.0 Å². The topological polar surface area (TPSA) is 59.5 Å². The monoisotopic (exact) mass is 245 g/mol. The van der Waals surface area contributed by atoms with Gasteiger partial charge in [0.1, 0.15) is 0 Å². The van der Waals surface area contributed by atoms with E-state index in [1.807, 2.05) is 22.7 Å². The number of rotatable bonds is 2.